The minimum absolute atomic E-state index is 0.00530. The van der Waals surface area contributed by atoms with Crippen molar-refractivity contribution in [2.45, 2.75) is 38.3 Å². The maximum Gasteiger partial charge on any atom is 0.223 e. The van der Waals surface area contributed by atoms with Crippen LogP contribution in [0.1, 0.15) is 25.3 Å². The summed E-state index contributed by atoms with van der Waals surface area (Å²) in [6.07, 6.45) is 1.88. The third-order valence-corrected chi connectivity index (χ3v) is 4.10. The highest BCUT2D eigenvalue weighted by Gasteiger charge is 2.34. The summed E-state index contributed by atoms with van der Waals surface area (Å²) in [5.41, 5.74) is 1.11. The summed E-state index contributed by atoms with van der Waals surface area (Å²) in [6.45, 7) is 3.17. The number of ether oxygens (including phenoxy) is 2. The number of carbonyl (C=O) groups is 1. The number of methoxy groups -OCH3 is 1. The van der Waals surface area contributed by atoms with E-state index in [2.05, 4.69) is 0 Å². The molecule has 0 saturated carbocycles. The number of aryl methyl sites for hydroxylation is 1. The van der Waals surface area contributed by atoms with Gasteiger partial charge < -0.3 is 19.5 Å². The van der Waals surface area contributed by atoms with Crippen molar-refractivity contribution in [3.05, 3.63) is 29.8 Å². The molecule has 1 aromatic carbocycles. The largest absolute Gasteiger partial charge is 0.494 e. The average molecular weight is 307 g/mol. The van der Waals surface area contributed by atoms with E-state index in [1.165, 1.54) is 0 Å². The molecule has 0 aliphatic carbocycles. The third-order valence-electron chi connectivity index (χ3n) is 4.10. The molecule has 1 heterocycles. The number of nitrogens with zero attached hydrogens (tertiary/aromatic N) is 1. The number of hydrogen-bond donors (Lipinski definition) is 1. The van der Waals surface area contributed by atoms with Crippen LogP contribution in [0.5, 0.6) is 5.75 Å². The molecule has 1 amide bonds. The number of aliphatic hydroxyl groups is 1. The molecule has 0 radical (unpaired) electrons. The zero-order valence-electron chi connectivity index (χ0n) is 13.3. The predicted molar refractivity (Wildman–Crippen MR) is 83.9 cm³/mol. The number of benzene rings is 1. The maximum absolute atomic E-state index is 12.4. The van der Waals surface area contributed by atoms with Gasteiger partial charge in [-0.1, -0.05) is 12.1 Å². The van der Waals surface area contributed by atoms with Gasteiger partial charge in [-0.25, -0.2) is 0 Å². The van der Waals surface area contributed by atoms with Crippen LogP contribution >= 0.6 is 0 Å². The van der Waals surface area contributed by atoms with Gasteiger partial charge in [0.05, 0.1) is 25.4 Å². The Kier molecular flexibility index (Phi) is 6.21. The van der Waals surface area contributed by atoms with Crippen molar-refractivity contribution in [1.29, 1.82) is 0 Å². The second kappa shape index (κ2) is 8.15. The van der Waals surface area contributed by atoms with Gasteiger partial charge in [0.15, 0.2) is 0 Å². The fraction of sp³-hybridized carbons (Fsp3) is 0.588. The predicted octanol–water partition coefficient (Wildman–Crippen LogP) is 1.63. The lowest BCUT2D eigenvalue weighted by molar-refractivity contribution is -0.133. The molecule has 5 nitrogen and oxygen atoms in total. The van der Waals surface area contributed by atoms with Crippen LogP contribution in [0.4, 0.5) is 0 Å². The van der Waals surface area contributed by atoms with E-state index in [0.717, 1.165) is 11.3 Å². The van der Waals surface area contributed by atoms with Gasteiger partial charge >= 0.3 is 0 Å². The van der Waals surface area contributed by atoms with Gasteiger partial charge in [-0.05, 0) is 37.5 Å². The maximum atomic E-state index is 12.4. The van der Waals surface area contributed by atoms with E-state index in [1.54, 1.807) is 12.0 Å². The molecular weight excluding hydrogens is 282 g/mol. The number of likely N-dealkylation sites (tertiary alicyclic amines) is 1. The van der Waals surface area contributed by atoms with Crippen molar-refractivity contribution in [2.75, 3.05) is 26.9 Å². The quantitative estimate of drug-likeness (QED) is 0.832. The summed E-state index contributed by atoms with van der Waals surface area (Å²) in [7, 11) is 1.65. The zero-order valence-corrected chi connectivity index (χ0v) is 13.3. The second-order valence-corrected chi connectivity index (χ2v) is 5.55. The van der Waals surface area contributed by atoms with Crippen molar-refractivity contribution < 1.29 is 19.4 Å². The van der Waals surface area contributed by atoms with E-state index < -0.39 is 0 Å². The standard InChI is InChI=1S/C17H25NO4/c1-3-22-15-7-4-13(5-8-15)6-9-17(20)18-11-16(21-2)10-14(18)12-19/h4-5,7-8,14,16,19H,3,6,9-12H2,1-2H3/t14-,16-/m0/s1. The monoisotopic (exact) mass is 307 g/mol. The lowest BCUT2D eigenvalue weighted by atomic mass is 10.1. The van der Waals surface area contributed by atoms with Crippen molar-refractivity contribution in [2.24, 2.45) is 0 Å². The molecule has 122 valence electrons. The highest BCUT2D eigenvalue weighted by atomic mass is 16.5. The van der Waals surface area contributed by atoms with E-state index >= 15 is 0 Å². The van der Waals surface area contributed by atoms with E-state index in [1.807, 2.05) is 31.2 Å². The summed E-state index contributed by atoms with van der Waals surface area (Å²) >= 11 is 0. The molecule has 0 aromatic heterocycles. The van der Waals surface area contributed by atoms with Crippen molar-refractivity contribution >= 4 is 5.91 Å². The van der Waals surface area contributed by atoms with Crippen molar-refractivity contribution in [1.82, 2.24) is 4.90 Å². The number of hydrogen-bond acceptors (Lipinski definition) is 4. The van der Waals surface area contributed by atoms with Gasteiger partial charge in [-0.3, -0.25) is 4.79 Å². The Hall–Kier alpha value is -1.59. The summed E-state index contributed by atoms with van der Waals surface area (Å²) in [5.74, 6) is 0.924. The van der Waals surface area contributed by atoms with Crippen molar-refractivity contribution in [3.8, 4) is 5.75 Å². The van der Waals surface area contributed by atoms with Crippen LogP contribution in [0.15, 0.2) is 24.3 Å². The average Bonchev–Trinajstić information content (AvgIpc) is 2.98. The summed E-state index contributed by atoms with van der Waals surface area (Å²) in [6, 6.07) is 7.72. The molecule has 1 saturated heterocycles. The van der Waals surface area contributed by atoms with E-state index in [9.17, 15) is 9.90 Å². The van der Waals surface area contributed by atoms with Crippen LogP contribution in [0.25, 0.3) is 0 Å². The molecule has 22 heavy (non-hydrogen) atoms. The Labute approximate surface area is 131 Å². The first-order valence-corrected chi connectivity index (χ1v) is 7.82. The van der Waals surface area contributed by atoms with Crippen LogP contribution in [0, 0.1) is 0 Å². The number of carbonyl (C=O) groups excluding carboxylic acids is 1. The minimum atomic E-state index is -0.113. The minimum Gasteiger partial charge on any atom is -0.494 e. The topological polar surface area (TPSA) is 59.0 Å². The molecule has 1 fully saturated rings. The van der Waals surface area contributed by atoms with E-state index in [-0.39, 0.29) is 24.7 Å². The molecule has 5 heteroatoms. The van der Waals surface area contributed by atoms with E-state index in [0.29, 0.717) is 32.4 Å². The Morgan fingerprint density at radius 2 is 2.09 bits per heavy atom. The molecule has 1 aliphatic heterocycles. The van der Waals surface area contributed by atoms with E-state index in [4.69, 9.17) is 9.47 Å². The molecule has 1 N–H and O–H groups in total. The van der Waals surface area contributed by atoms with Crippen LogP contribution in [-0.2, 0) is 16.0 Å². The number of rotatable bonds is 7. The molecule has 0 spiro atoms. The molecule has 0 bridgehead atoms. The summed E-state index contributed by atoms with van der Waals surface area (Å²) in [5, 5.41) is 9.40. The molecule has 1 aromatic rings. The third kappa shape index (κ3) is 4.21. The molecule has 1 aliphatic rings. The molecule has 0 unspecified atom stereocenters. The SMILES string of the molecule is CCOc1ccc(CCC(=O)N2C[C@@H](OC)C[C@H]2CO)cc1. The Morgan fingerprint density at radius 1 is 1.36 bits per heavy atom. The second-order valence-electron chi connectivity index (χ2n) is 5.55. The van der Waals surface area contributed by atoms with Crippen molar-refractivity contribution in [3.63, 3.8) is 0 Å². The fourth-order valence-corrected chi connectivity index (χ4v) is 2.84. The molecule has 2 atom stereocenters. The van der Waals surface area contributed by atoms with Crippen LogP contribution in [-0.4, -0.2) is 54.9 Å². The van der Waals surface area contributed by atoms with Crippen LogP contribution < -0.4 is 4.74 Å². The smallest absolute Gasteiger partial charge is 0.223 e. The molecule has 2 rings (SSSR count). The summed E-state index contributed by atoms with van der Waals surface area (Å²) in [4.78, 5) is 14.1. The van der Waals surface area contributed by atoms with Crippen LogP contribution in [0.3, 0.4) is 0 Å². The van der Waals surface area contributed by atoms with Crippen LogP contribution in [0.2, 0.25) is 0 Å². The van der Waals surface area contributed by atoms with Gasteiger partial charge in [0.1, 0.15) is 5.75 Å². The highest BCUT2D eigenvalue weighted by Crippen LogP contribution is 2.21. The van der Waals surface area contributed by atoms with Gasteiger partial charge in [0, 0.05) is 20.1 Å². The zero-order chi connectivity index (χ0) is 15.9. The fourth-order valence-electron chi connectivity index (χ4n) is 2.84. The lowest BCUT2D eigenvalue weighted by Gasteiger charge is -2.22. The number of aliphatic hydroxyl groups excluding tert-OH is 1. The first-order chi connectivity index (χ1) is 10.7. The first-order valence-electron chi connectivity index (χ1n) is 7.82. The Bertz CT molecular complexity index is 474. The normalized spacial score (nSPS) is 21.1. The number of amides is 1. The molecular formula is C17H25NO4. The highest BCUT2D eigenvalue weighted by molar-refractivity contribution is 5.77. The first kappa shape index (κ1) is 16.8. The Balaban J connectivity index is 1.86. The van der Waals surface area contributed by atoms with Gasteiger partial charge in [0.25, 0.3) is 0 Å². The lowest BCUT2D eigenvalue weighted by Crippen LogP contribution is -2.38. The summed E-state index contributed by atoms with van der Waals surface area (Å²) < 4.78 is 10.7. The Morgan fingerprint density at radius 3 is 2.68 bits per heavy atom. The van der Waals surface area contributed by atoms with Gasteiger partial charge in [-0.15, -0.1) is 0 Å². The van der Waals surface area contributed by atoms with Gasteiger partial charge in [0.2, 0.25) is 5.91 Å². The van der Waals surface area contributed by atoms with Gasteiger partial charge in [-0.2, -0.15) is 0 Å².